The van der Waals surface area contributed by atoms with Crippen molar-refractivity contribution in [2.45, 2.75) is 58.8 Å². The number of hydrogen-bond donors (Lipinski definition) is 0. The molecule has 0 aromatic carbocycles. The maximum Gasteiger partial charge on any atom is 0.332 e. The molecule has 2 heterocycles. The predicted molar refractivity (Wildman–Crippen MR) is 102 cm³/mol. The standard InChI is InChI=1S/C17H29N5O2S/c1-4-6-8-10-12-24-16-20-19-15(25-16)22-14(13-21(3)17(22)23)18-11-9-7-5-2/h4-13H2,1-3H3. The first-order chi connectivity index (χ1) is 12.2. The van der Waals surface area contributed by atoms with Crippen LogP contribution < -0.4 is 9.64 Å². The first kappa shape index (κ1) is 19.6. The Morgan fingerprint density at radius 1 is 1.12 bits per heavy atom. The fraction of sp³-hybridized carbons (Fsp3) is 0.765. The number of aromatic nitrogens is 2. The molecule has 1 aromatic rings. The van der Waals surface area contributed by atoms with E-state index in [1.165, 1.54) is 24.2 Å². The SMILES string of the molecule is CCCCCCOc1nnc(N2C(=O)N(C)CC2=NCCCCC)s1. The van der Waals surface area contributed by atoms with E-state index in [1.54, 1.807) is 16.8 Å². The average Bonchev–Trinajstić information content (AvgIpc) is 3.16. The highest BCUT2D eigenvalue weighted by Crippen LogP contribution is 2.29. The summed E-state index contributed by atoms with van der Waals surface area (Å²) in [7, 11) is 1.77. The third kappa shape index (κ3) is 5.66. The van der Waals surface area contributed by atoms with Gasteiger partial charge in [-0.25, -0.2) is 9.69 Å². The van der Waals surface area contributed by atoms with Crippen LogP contribution in [0.25, 0.3) is 0 Å². The number of amidine groups is 1. The van der Waals surface area contributed by atoms with Gasteiger partial charge in [-0.3, -0.25) is 4.99 Å². The molecule has 0 N–H and O–H groups in total. The van der Waals surface area contributed by atoms with E-state index in [0.29, 0.717) is 23.5 Å². The van der Waals surface area contributed by atoms with Crippen molar-refractivity contribution in [2.75, 3.05) is 31.6 Å². The van der Waals surface area contributed by atoms with E-state index in [4.69, 9.17) is 4.74 Å². The highest BCUT2D eigenvalue weighted by molar-refractivity contribution is 7.17. The molecule has 2 rings (SSSR count). The summed E-state index contributed by atoms with van der Waals surface area (Å²) in [6.45, 7) is 6.24. The summed E-state index contributed by atoms with van der Waals surface area (Å²) in [6, 6.07) is -0.111. The van der Waals surface area contributed by atoms with Gasteiger partial charge in [-0.15, -0.1) is 5.10 Å². The third-order valence-corrected chi connectivity index (χ3v) is 4.84. The minimum atomic E-state index is -0.111. The molecular weight excluding hydrogens is 338 g/mol. The molecule has 0 atom stereocenters. The lowest BCUT2D eigenvalue weighted by molar-refractivity contribution is 0.229. The summed E-state index contributed by atoms with van der Waals surface area (Å²) >= 11 is 1.30. The number of unbranched alkanes of at least 4 members (excludes halogenated alkanes) is 5. The zero-order valence-corrected chi connectivity index (χ0v) is 16.3. The Balaban J connectivity index is 1.96. The van der Waals surface area contributed by atoms with E-state index in [2.05, 4.69) is 29.0 Å². The van der Waals surface area contributed by atoms with Crippen molar-refractivity contribution in [1.82, 2.24) is 15.1 Å². The fourth-order valence-electron chi connectivity index (χ4n) is 2.55. The number of nitrogens with zero attached hydrogens (tertiary/aromatic N) is 5. The van der Waals surface area contributed by atoms with Crippen LogP contribution in [0.3, 0.4) is 0 Å². The Morgan fingerprint density at radius 2 is 1.88 bits per heavy atom. The lowest BCUT2D eigenvalue weighted by atomic mass is 10.2. The van der Waals surface area contributed by atoms with Crippen LogP contribution in [0.15, 0.2) is 4.99 Å². The van der Waals surface area contributed by atoms with Crippen molar-refractivity contribution >= 4 is 28.3 Å². The fourth-order valence-corrected chi connectivity index (χ4v) is 3.29. The highest BCUT2D eigenvalue weighted by atomic mass is 32.1. The first-order valence-electron chi connectivity index (χ1n) is 9.22. The second kappa shape index (κ2) is 10.3. The molecule has 0 saturated carbocycles. The Bertz CT molecular complexity index is 575. The molecule has 7 nitrogen and oxygen atoms in total. The average molecular weight is 368 g/mol. The van der Waals surface area contributed by atoms with Crippen molar-refractivity contribution < 1.29 is 9.53 Å². The lowest BCUT2D eigenvalue weighted by Gasteiger charge is -2.11. The summed E-state index contributed by atoms with van der Waals surface area (Å²) in [5, 5.41) is 9.24. The van der Waals surface area contributed by atoms with E-state index in [1.807, 2.05) is 0 Å². The van der Waals surface area contributed by atoms with Gasteiger partial charge in [0.2, 0.25) is 5.13 Å². The molecule has 1 aliphatic heterocycles. The van der Waals surface area contributed by atoms with Crippen LogP contribution in [0.4, 0.5) is 9.93 Å². The second-order valence-electron chi connectivity index (χ2n) is 6.24. The van der Waals surface area contributed by atoms with E-state index in [-0.39, 0.29) is 6.03 Å². The smallest absolute Gasteiger partial charge is 0.332 e. The summed E-state index contributed by atoms with van der Waals surface area (Å²) in [5.74, 6) is 0.745. The normalized spacial score (nSPS) is 16.3. The molecule has 2 amide bonds. The number of carbonyl (C=O) groups is 1. The van der Waals surface area contributed by atoms with Gasteiger partial charge in [0.25, 0.3) is 5.19 Å². The molecular formula is C17H29N5O2S. The van der Waals surface area contributed by atoms with Gasteiger partial charge in [0.1, 0.15) is 5.84 Å². The van der Waals surface area contributed by atoms with E-state index < -0.39 is 0 Å². The van der Waals surface area contributed by atoms with Gasteiger partial charge < -0.3 is 9.64 Å². The number of anilines is 1. The van der Waals surface area contributed by atoms with E-state index in [0.717, 1.165) is 44.5 Å². The number of aliphatic imine (C=N–C) groups is 1. The van der Waals surface area contributed by atoms with Crippen LogP contribution in [0.2, 0.25) is 0 Å². The van der Waals surface area contributed by atoms with Gasteiger partial charge in [-0.05, 0) is 24.2 Å². The maximum atomic E-state index is 12.4. The van der Waals surface area contributed by atoms with Crippen molar-refractivity contribution in [2.24, 2.45) is 4.99 Å². The van der Waals surface area contributed by atoms with E-state index in [9.17, 15) is 4.79 Å². The van der Waals surface area contributed by atoms with Gasteiger partial charge in [-0.2, -0.15) is 0 Å². The quantitative estimate of drug-likeness (QED) is 0.555. The van der Waals surface area contributed by atoms with Crippen molar-refractivity contribution in [1.29, 1.82) is 0 Å². The maximum absolute atomic E-state index is 12.4. The Morgan fingerprint density at radius 3 is 2.64 bits per heavy atom. The van der Waals surface area contributed by atoms with Crippen LogP contribution in [-0.2, 0) is 0 Å². The summed E-state index contributed by atoms with van der Waals surface area (Å²) in [6.07, 6.45) is 7.93. The molecule has 0 bridgehead atoms. The van der Waals surface area contributed by atoms with E-state index >= 15 is 0 Å². The number of carbonyl (C=O) groups excluding carboxylic acids is 1. The van der Waals surface area contributed by atoms with Crippen LogP contribution in [0.1, 0.15) is 58.8 Å². The van der Waals surface area contributed by atoms with Gasteiger partial charge in [0.05, 0.1) is 13.2 Å². The predicted octanol–water partition coefficient (Wildman–Crippen LogP) is 3.96. The highest BCUT2D eigenvalue weighted by Gasteiger charge is 2.35. The van der Waals surface area contributed by atoms with Crippen LogP contribution >= 0.6 is 11.3 Å². The molecule has 1 aromatic heterocycles. The molecule has 8 heteroatoms. The molecule has 0 aliphatic carbocycles. The molecule has 0 spiro atoms. The third-order valence-electron chi connectivity index (χ3n) is 4.02. The number of amides is 2. The molecule has 1 aliphatic rings. The minimum Gasteiger partial charge on any atom is -0.469 e. The van der Waals surface area contributed by atoms with Crippen molar-refractivity contribution in [3.8, 4) is 5.19 Å². The van der Waals surface area contributed by atoms with Gasteiger partial charge in [-0.1, -0.05) is 51.1 Å². The van der Waals surface area contributed by atoms with Gasteiger partial charge in [0, 0.05) is 13.6 Å². The van der Waals surface area contributed by atoms with Crippen LogP contribution in [0, 0.1) is 0 Å². The zero-order valence-electron chi connectivity index (χ0n) is 15.5. The molecule has 0 unspecified atom stereocenters. The Hall–Kier alpha value is -1.70. The molecule has 140 valence electrons. The molecule has 1 fully saturated rings. The summed E-state index contributed by atoms with van der Waals surface area (Å²) in [5.41, 5.74) is 0. The lowest BCUT2D eigenvalue weighted by Crippen LogP contribution is -2.31. The number of ether oxygens (including phenoxy) is 1. The number of likely N-dealkylation sites (N-methyl/N-ethyl adjacent to an activating group) is 1. The summed E-state index contributed by atoms with van der Waals surface area (Å²) in [4.78, 5) is 20.2. The van der Waals surface area contributed by atoms with Gasteiger partial charge >= 0.3 is 6.03 Å². The van der Waals surface area contributed by atoms with Crippen LogP contribution in [0.5, 0.6) is 5.19 Å². The van der Waals surface area contributed by atoms with Crippen LogP contribution in [-0.4, -0.2) is 53.7 Å². The topological polar surface area (TPSA) is 70.9 Å². The van der Waals surface area contributed by atoms with Crippen molar-refractivity contribution in [3.05, 3.63) is 0 Å². The largest absolute Gasteiger partial charge is 0.469 e. The minimum absolute atomic E-state index is 0.111. The first-order valence-corrected chi connectivity index (χ1v) is 10.0. The summed E-state index contributed by atoms with van der Waals surface area (Å²) < 4.78 is 5.66. The van der Waals surface area contributed by atoms with Crippen molar-refractivity contribution in [3.63, 3.8) is 0 Å². The molecule has 1 saturated heterocycles. The Kier molecular flexibility index (Phi) is 8.11. The molecule has 25 heavy (non-hydrogen) atoms. The Labute approximate surface area is 154 Å². The second-order valence-corrected chi connectivity index (χ2v) is 7.16. The molecule has 0 radical (unpaired) electrons. The number of urea groups is 1. The van der Waals surface area contributed by atoms with Gasteiger partial charge in [0.15, 0.2) is 0 Å². The zero-order chi connectivity index (χ0) is 18.1. The monoisotopic (exact) mass is 367 g/mol. The number of hydrogen-bond acceptors (Lipinski definition) is 6. The number of rotatable bonds is 11.